The minimum Gasteiger partial charge on any atom is -0.477 e. The Hall–Kier alpha value is -1.82. The van der Waals surface area contributed by atoms with Gasteiger partial charge in [-0.15, -0.1) is 0 Å². The summed E-state index contributed by atoms with van der Waals surface area (Å²) >= 11 is 0. The molecule has 1 aliphatic heterocycles. The maximum Gasteiger partial charge on any atom is 0.352 e. The van der Waals surface area contributed by atoms with Gasteiger partial charge in [0.2, 0.25) is 5.91 Å². The Morgan fingerprint density at radius 1 is 1.50 bits per heavy atom. The van der Waals surface area contributed by atoms with Gasteiger partial charge >= 0.3 is 5.97 Å². The van der Waals surface area contributed by atoms with E-state index >= 15 is 0 Å². The number of hydrogen-bond acceptors (Lipinski definition) is 3. The molecule has 1 amide bonds. The Morgan fingerprint density at radius 2 is 2.30 bits per heavy atom. The molecule has 0 radical (unpaired) electrons. The molecule has 1 saturated heterocycles. The molecule has 0 saturated carbocycles. The molecule has 2 heterocycles. The van der Waals surface area contributed by atoms with Crippen LogP contribution in [0.4, 0.5) is 0 Å². The molecule has 1 aromatic heterocycles. The number of carboxylic acids is 1. The second-order valence-corrected chi connectivity index (χ2v) is 5.13. The average Bonchev–Trinajstić information content (AvgIpc) is 2.88. The number of carbonyl (C=O) groups is 2. The summed E-state index contributed by atoms with van der Waals surface area (Å²) < 4.78 is 6.62. The zero-order chi connectivity index (χ0) is 14.5. The fraction of sp³-hybridized carbons (Fsp3) is 0.571. The molecule has 110 valence electrons. The predicted octanol–water partition coefficient (Wildman–Crippen LogP) is 1.07. The van der Waals surface area contributed by atoms with Crippen molar-refractivity contribution in [1.29, 1.82) is 0 Å². The largest absolute Gasteiger partial charge is 0.477 e. The number of carbonyl (C=O) groups excluding carboxylic acids is 1. The highest BCUT2D eigenvalue weighted by Crippen LogP contribution is 2.17. The number of aromatic nitrogens is 1. The van der Waals surface area contributed by atoms with Crippen molar-refractivity contribution in [2.24, 2.45) is 5.92 Å². The Bertz CT molecular complexity index is 481. The number of methoxy groups -OCH3 is 1. The maximum absolute atomic E-state index is 12.3. The van der Waals surface area contributed by atoms with E-state index in [4.69, 9.17) is 9.84 Å². The molecule has 0 spiro atoms. The standard InChI is InChI=1S/C14H20N2O4/c1-20-10-11-4-2-7-16(8-11)13(17)9-15-6-3-5-12(15)14(18)19/h3,5-6,11H,2,4,7-10H2,1H3,(H,18,19). The van der Waals surface area contributed by atoms with Crippen molar-refractivity contribution in [3.8, 4) is 0 Å². The second kappa shape index (κ2) is 6.56. The summed E-state index contributed by atoms with van der Waals surface area (Å²) in [6.07, 6.45) is 3.66. The van der Waals surface area contributed by atoms with E-state index < -0.39 is 5.97 Å². The van der Waals surface area contributed by atoms with Crippen LogP contribution in [0.3, 0.4) is 0 Å². The number of carboxylic acid groups (broad SMARTS) is 1. The van der Waals surface area contributed by atoms with Crippen LogP contribution < -0.4 is 0 Å². The molecule has 6 nitrogen and oxygen atoms in total. The first-order valence-corrected chi connectivity index (χ1v) is 6.77. The molecule has 1 N–H and O–H groups in total. The van der Waals surface area contributed by atoms with Crippen molar-refractivity contribution in [2.75, 3.05) is 26.8 Å². The van der Waals surface area contributed by atoms with E-state index in [1.54, 1.807) is 24.3 Å². The van der Waals surface area contributed by atoms with E-state index in [-0.39, 0.29) is 18.1 Å². The molecule has 0 bridgehead atoms. The Morgan fingerprint density at radius 3 is 3.00 bits per heavy atom. The van der Waals surface area contributed by atoms with Crippen molar-refractivity contribution >= 4 is 11.9 Å². The molecule has 20 heavy (non-hydrogen) atoms. The van der Waals surface area contributed by atoms with Crippen molar-refractivity contribution < 1.29 is 19.4 Å². The average molecular weight is 280 g/mol. The molecular formula is C14H20N2O4. The summed E-state index contributed by atoms with van der Waals surface area (Å²) in [5.74, 6) is -0.676. The topological polar surface area (TPSA) is 71.8 Å². The number of rotatable bonds is 5. The number of piperidine rings is 1. The van der Waals surface area contributed by atoms with Gasteiger partial charge in [-0.3, -0.25) is 4.79 Å². The third-order valence-corrected chi connectivity index (χ3v) is 3.63. The summed E-state index contributed by atoms with van der Waals surface area (Å²) in [6.45, 7) is 2.17. The summed E-state index contributed by atoms with van der Waals surface area (Å²) in [6, 6.07) is 3.14. The van der Waals surface area contributed by atoms with Gasteiger partial charge in [0.05, 0.1) is 6.61 Å². The molecular weight excluding hydrogens is 260 g/mol. The first-order valence-electron chi connectivity index (χ1n) is 6.77. The quantitative estimate of drug-likeness (QED) is 0.875. The molecule has 1 atom stereocenters. The molecule has 1 unspecified atom stereocenters. The number of amides is 1. The fourth-order valence-corrected chi connectivity index (χ4v) is 2.66. The van der Waals surface area contributed by atoms with Crippen molar-refractivity contribution in [3.63, 3.8) is 0 Å². The van der Waals surface area contributed by atoms with Gasteiger partial charge in [0.25, 0.3) is 0 Å². The third kappa shape index (κ3) is 3.39. The lowest BCUT2D eigenvalue weighted by molar-refractivity contribution is -0.134. The Labute approximate surface area is 117 Å². The van der Waals surface area contributed by atoms with Gasteiger partial charge in [-0.25, -0.2) is 4.79 Å². The summed E-state index contributed by atoms with van der Waals surface area (Å²) in [5.41, 5.74) is 0.142. The van der Waals surface area contributed by atoms with Crippen molar-refractivity contribution in [1.82, 2.24) is 9.47 Å². The maximum atomic E-state index is 12.3. The van der Waals surface area contributed by atoms with E-state index in [2.05, 4.69) is 0 Å². The highest BCUT2D eigenvalue weighted by Gasteiger charge is 2.24. The molecule has 1 aromatic rings. The van der Waals surface area contributed by atoms with Gasteiger partial charge in [-0.2, -0.15) is 0 Å². The van der Waals surface area contributed by atoms with E-state index in [1.807, 2.05) is 0 Å². The first-order chi connectivity index (χ1) is 9.61. The van der Waals surface area contributed by atoms with Gasteiger partial charge in [0, 0.05) is 26.4 Å². The molecule has 1 aliphatic rings. The van der Waals surface area contributed by atoms with Crippen LogP contribution in [0.5, 0.6) is 0 Å². The molecule has 2 rings (SSSR count). The van der Waals surface area contributed by atoms with Crippen molar-refractivity contribution in [3.05, 3.63) is 24.0 Å². The molecule has 1 fully saturated rings. The van der Waals surface area contributed by atoms with Crippen LogP contribution >= 0.6 is 0 Å². The normalized spacial score (nSPS) is 19.1. The van der Waals surface area contributed by atoms with E-state index in [1.165, 1.54) is 10.6 Å². The van der Waals surface area contributed by atoms with E-state index in [0.29, 0.717) is 19.1 Å². The van der Waals surface area contributed by atoms with Crippen LogP contribution in [0, 0.1) is 5.92 Å². The number of ether oxygens (including phenoxy) is 1. The lowest BCUT2D eigenvalue weighted by Crippen LogP contribution is -2.42. The van der Waals surface area contributed by atoms with Crippen LogP contribution in [0.1, 0.15) is 23.3 Å². The highest BCUT2D eigenvalue weighted by molar-refractivity contribution is 5.86. The van der Waals surface area contributed by atoms with Crippen LogP contribution in [0.15, 0.2) is 18.3 Å². The highest BCUT2D eigenvalue weighted by atomic mass is 16.5. The summed E-state index contributed by atoms with van der Waals surface area (Å²) in [7, 11) is 1.67. The lowest BCUT2D eigenvalue weighted by Gasteiger charge is -2.32. The SMILES string of the molecule is COCC1CCCN(C(=O)Cn2cccc2C(=O)O)C1. The Kier molecular flexibility index (Phi) is 4.79. The van der Waals surface area contributed by atoms with E-state index in [9.17, 15) is 9.59 Å². The number of hydrogen-bond donors (Lipinski definition) is 1. The smallest absolute Gasteiger partial charge is 0.352 e. The molecule has 0 aromatic carbocycles. The number of nitrogens with zero attached hydrogens (tertiary/aromatic N) is 2. The van der Waals surface area contributed by atoms with Crippen LogP contribution in [0.2, 0.25) is 0 Å². The minimum atomic E-state index is -1.02. The number of aromatic carboxylic acids is 1. The van der Waals surface area contributed by atoms with Crippen LogP contribution in [-0.4, -0.2) is 53.3 Å². The second-order valence-electron chi connectivity index (χ2n) is 5.13. The Balaban J connectivity index is 1.97. The van der Waals surface area contributed by atoms with Crippen LogP contribution in [-0.2, 0) is 16.1 Å². The third-order valence-electron chi connectivity index (χ3n) is 3.63. The van der Waals surface area contributed by atoms with E-state index in [0.717, 1.165) is 19.4 Å². The van der Waals surface area contributed by atoms with Crippen molar-refractivity contribution in [2.45, 2.75) is 19.4 Å². The van der Waals surface area contributed by atoms with Gasteiger partial charge in [0.1, 0.15) is 12.2 Å². The zero-order valence-electron chi connectivity index (χ0n) is 11.6. The molecule has 6 heteroatoms. The van der Waals surface area contributed by atoms with Gasteiger partial charge in [0.15, 0.2) is 0 Å². The number of likely N-dealkylation sites (tertiary alicyclic amines) is 1. The van der Waals surface area contributed by atoms with Gasteiger partial charge in [-0.1, -0.05) is 0 Å². The predicted molar refractivity (Wildman–Crippen MR) is 72.6 cm³/mol. The van der Waals surface area contributed by atoms with Crippen LogP contribution in [0.25, 0.3) is 0 Å². The zero-order valence-corrected chi connectivity index (χ0v) is 11.6. The lowest BCUT2D eigenvalue weighted by atomic mass is 9.99. The summed E-state index contributed by atoms with van der Waals surface area (Å²) in [5, 5.41) is 9.03. The minimum absolute atomic E-state index is 0.0375. The van der Waals surface area contributed by atoms with Gasteiger partial charge < -0.3 is 19.3 Å². The monoisotopic (exact) mass is 280 g/mol. The summed E-state index contributed by atoms with van der Waals surface area (Å²) in [4.78, 5) is 25.1. The molecule has 0 aliphatic carbocycles. The fourth-order valence-electron chi connectivity index (χ4n) is 2.66. The van der Waals surface area contributed by atoms with Gasteiger partial charge in [-0.05, 0) is 30.9 Å². The first kappa shape index (κ1) is 14.6.